The molecule has 0 amide bonds. The molecule has 0 aliphatic heterocycles. The topological polar surface area (TPSA) is 0 Å². The van der Waals surface area contributed by atoms with Crippen molar-refractivity contribution in [1.82, 2.24) is 0 Å². The van der Waals surface area contributed by atoms with E-state index in [0.29, 0.717) is 0 Å². The van der Waals surface area contributed by atoms with Crippen molar-refractivity contribution in [3.63, 3.8) is 0 Å². The molecule has 0 saturated heterocycles. The van der Waals surface area contributed by atoms with E-state index >= 15 is 0 Å². The van der Waals surface area contributed by atoms with E-state index in [1.54, 1.807) is 11.1 Å². The van der Waals surface area contributed by atoms with E-state index in [9.17, 15) is 0 Å². The van der Waals surface area contributed by atoms with E-state index in [0.717, 1.165) is 5.92 Å². The Morgan fingerprint density at radius 3 is 2.08 bits per heavy atom. The first-order valence-electron chi connectivity index (χ1n) is 5.47. The summed E-state index contributed by atoms with van der Waals surface area (Å²) in [5, 5.41) is 0. The van der Waals surface area contributed by atoms with Gasteiger partial charge in [-0.2, -0.15) is 0 Å². The first-order chi connectivity index (χ1) is 5.77. The number of hydrogen-bond acceptors (Lipinski definition) is 0. The fraction of sp³-hybridized carbons (Fsp3) is 0.833. The van der Waals surface area contributed by atoms with E-state index in [1.807, 2.05) is 0 Å². The van der Waals surface area contributed by atoms with E-state index in [1.165, 1.54) is 38.5 Å². The third-order valence-electron chi connectivity index (χ3n) is 3.23. The van der Waals surface area contributed by atoms with Crippen LogP contribution in [0, 0.1) is 5.92 Å². The van der Waals surface area contributed by atoms with E-state index in [2.05, 4.69) is 20.8 Å². The molecule has 1 rings (SSSR count). The van der Waals surface area contributed by atoms with Crippen LogP contribution in [-0.4, -0.2) is 0 Å². The van der Waals surface area contributed by atoms with Crippen molar-refractivity contribution in [2.45, 2.75) is 59.3 Å². The minimum Gasteiger partial charge on any atom is -0.0716 e. The Morgan fingerprint density at radius 2 is 1.67 bits per heavy atom. The molecule has 0 radical (unpaired) electrons. The molecule has 0 spiro atoms. The van der Waals surface area contributed by atoms with Crippen LogP contribution >= 0.6 is 0 Å². The normalized spacial score (nSPS) is 24.2. The van der Waals surface area contributed by atoms with E-state index in [-0.39, 0.29) is 0 Å². The Labute approximate surface area is 77.1 Å². The van der Waals surface area contributed by atoms with Gasteiger partial charge in [0.05, 0.1) is 0 Å². The van der Waals surface area contributed by atoms with Crippen LogP contribution in [0.25, 0.3) is 0 Å². The maximum Gasteiger partial charge on any atom is -0.0315 e. The number of hydrogen-bond donors (Lipinski definition) is 0. The molecule has 70 valence electrons. The Morgan fingerprint density at radius 1 is 1.17 bits per heavy atom. The smallest absolute Gasteiger partial charge is 0.0315 e. The van der Waals surface area contributed by atoms with Crippen LogP contribution in [0.1, 0.15) is 59.3 Å². The van der Waals surface area contributed by atoms with Crippen LogP contribution in [0.2, 0.25) is 0 Å². The summed E-state index contributed by atoms with van der Waals surface area (Å²) in [6.45, 7) is 6.97. The zero-order valence-corrected chi connectivity index (χ0v) is 8.82. The summed E-state index contributed by atoms with van der Waals surface area (Å²) in [5.74, 6) is 0.976. The van der Waals surface area contributed by atoms with Gasteiger partial charge in [-0.05, 0) is 44.4 Å². The minimum atomic E-state index is 0.976. The summed E-state index contributed by atoms with van der Waals surface area (Å²) >= 11 is 0. The average Bonchev–Trinajstić information content (AvgIpc) is 2.10. The highest BCUT2D eigenvalue weighted by Gasteiger charge is 2.13. The van der Waals surface area contributed by atoms with Crippen molar-refractivity contribution < 1.29 is 0 Å². The van der Waals surface area contributed by atoms with Gasteiger partial charge in [-0.25, -0.2) is 0 Å². The summed E-state index contributed by atoms with van der Waals surface area (Å²) in [7, 11) is 0. The Bertz CT molecular complexity index is 149. The summed E-state index contributed by atoms with van der Waals surface area (Å²) in [5.41, 5.74) is 3.53. The van der Waals surface area contributed by atoms with Gasteiger partial charge in [-0.15, -0.1) is 0 Å². The second kappa shape index (κ2) is 4.69. The fourth-order valence-electron chi connectivity index (χ4n) is 2.21. The van der Waals surface area contributed by atoms with Gasteiger partial charge in [-0.3, -0.25) is 0 Å². The molecular weight excluding hydrogens is 144 g/mol. The maximum absolute atomic E-state index is 2.38. The number of allylic oxidation sites excluding steroid dienone is 2. The molecule has 0 bridgehead atoms. The lowest BCUT2D eigenvalue weighted by Crippen LogP contribution is -2.05. The molecule has 0 nitrogen and oxygen atoms in total. The maximum atomic E-state index is 2.38. The predicted octanol–water partition coefficient (Wildman–Crippen LogP) is 4.31. The highest BCUT2D eigenvalue weighted by atomic mass is 14.2. The quantitative estimate of drug-likeness (QED) is 0.536. The Kier molecular flexibility index (Phi) is 3.84. The first-order valence-corrected chi connectivity index (χ1v) is 5.47. The lowest BCUT2D eigenvalue weighted by atomic mass is 9.84. The summed E-state index contributed by atoms with van der Waals surface area (Å²) in [6, 6.07) is 0. The molecule has 0 atom stereocenters. The molecule has 1 aliphatic rings. The second-order valence-electron chi connectivity index (χ2n) is 4.10. The average molecular weight is 166 g/mol. The largest absolute Gasteiger partial charge is 0.0716 e. The molecule has 0 aromatic carbocycles. The Hall–Kier alpha value is -0.260. The van der Waals surface area contributed by atoms with E-state index in [4.69, 9.17) is 0 Å². The molecule has 0 aromatic heterocycles. The van der Waals surface area contributed by atoms with Gasteiger partial charge < -0.3 is 0 Å². The zero-order chi connectivity index (χ0) is 8.97. The Balaban J connectivity index is 2.56. The molecule has 0 unspecified atom stereocenters. The second-order valence-corrected chi connectivity index (χ2v) is 4.10. The van der Waals surface area contributed by atoms with Crippen LogP contribution in [0.15, 0.2) is 11.1 Å². The number of rotatable bonds is 2. The van der Waals surface area contributed by atoms with Gasteiger partial charge in [0.1, 0.15) is 0 Å². The van der Waals surface area contributed by atoms with Crippen molar-refractivity contribution >= 4 is 0 Å². The van der Waals surface area contributed by atoms with Crippen molar-refractivity contribution in [3.05, 3.63) is 11.1 Å². The summed E-state index contributed by atoms with van der Waals surface area (Å²) in [4.78, 5) is 0. The summed E-state index contributed by atoms with van der Waals surface area (Å²) in [6.07, 6.45) is 8.19. The van der Waals surface area contributed by atoms with Crippen LogP contribution in [0.5, 0.6) is 0 Å². The van der Waals surface area contributed by atoms with Crippen LogP contribution in [0.3, 0.4) is 0 Å². The predicted molar refractivity (Wildman–Crippen MR) is 55.2 cm³/mol. The van der Waals surface area contributed by atoms with Gasteiger partial charge in [0, 0.05) is 0 Å². The van der Waals surface area contributed by atoms with Crippen molar-refractivity contribution in [3.8, 4) is 0 Å². The third-order valence-corrected chi connectivity index (χ3v) is 3.23. The molecular formula is C12H22. The van der Waals surface area contributed by atoms with Crippen LogP contribution < -0.4 is 0 Å². The molecule has 0 N–H and O–H groups in total. The third kappa shape index (κ3) is 2.36. The van der Waals surface area contributed by atoms with Gasteiger partial charge in [-0.1, -0.05) is 31.9 Å². The lowest BCUT2D eigenvalue weighted by Gasteiger charge is -2.22. The molecule has 12 heavy (non-hydrogen) atoms. The van der Waals surface area contributed by atoms with Gasteiger partial charge in [0.25, 0.3) is 0 Å². The molecule has 0 aromatic rings. The SMILES string of the molecule is CCC(CC)=C1CCC(C)CC1. The fourth-order valence-corrected chi connectivity index (χ4v) is 2.21. The van der Waals surface area contributed by atoms with Crippen molar-refractivity contribution in [1.29, 1.82) is 0 Å². The van der Waals surface area contributed by atoms with Crippen LogP contribution in [-0.2, 0) is 0 Å². The van der Waals surface area contributed by atoms with Crippen LogP contribution in [0.4, 0.5) is 0 Å². The highest BCUT2D eigenvalue weighted by Crippen LogP contribution is 2.31. The molecule has 0 heterocycles. The lowest BCUT2D eigenvalue weighted by molar-refractivity contribution is 0.439. The van der Waals surface area contributed by atoms with Crippen molar-refractivity contribution in [2.75, 3.05) is 0 Å². The standard InChI is InChI=1S/C12H22/c1-4-11(5-2)12-8-6-10(3)7-9-12/h10H,4-9H2,1-3H3. The molecule has 1 fully saturated rings. The first kappa shape index (κ1) is 9.83. The monoisotopic (exact) mass is 166 g/mol. The van der Waals surface area contributed by atoms with Gasteiger partial charge in [0.2, 0.25) is 0 Å². The summed E-state index contributed by atoms with van der Waals surface area (Å²) < 4.78 is 0. The van der Waals surface area contributed by atoms with Crippen molar-refractivity contribution in [2.24, 2.45) is 5.92 Å². The minimum absolute atomic E-state index is 0.976. The molecule has 1 saturated carbocycles. The molecule has 1 aliphatic carbocycles. The van der Waals surface area contributed by atoms with Gasteiger partial charge >= 0.3 is 0 Å². The van der Waals surface area contributed by atoms with Gasteiger partial charge in [0.15, 0.2) is 0 Å². The van der Waals surface area contributed by atoms with E-state index < -0.39 is 0 Å². The zero-order valence-electron chi connectivity index (χ0n) is 8.82. The highest BCUT2D eigenvalue weighted by molar-refractivity contribution is 5.15. The molecule has 0 heteroatoms.